The third kappa shape index (κ3) is 7.77. The highest BCUT2D eigenvalue weighted by Gasteiger charge is 2.54. The average molecular weight is 671 g/mol. The van der Waals surface area contributed by atoms with Crippen LogP contribution < -0.4 is 21.3 Å². The van der Waals surface area contributed by atoms with Gasteiger partial charge in [-0.25, -0.2) is 24.5 Å². The van der Waals surface area contributed by atoms with E-state index in [0.29, 0.717) is 16.9 Å². The zero-order valence-electron chi connectivity index (χ0n) is 28.9. The fourth-order valence-electron chi connectivity index (χ4n) is 4.60. The molecule has 3 aromatic rings. The second kappa shape index (κ2) is 13.4. The molecular formula is C31H50N8O5Si2. The Morgan fingerprint density at radius 3 is 2.07 bits per heavy atom. The van der Waals surface area contributed by atoms with Gasteiger partial charge in [0.2, 0.25) is 0 Å². The number of benzene rings is 1. The lowest BCUT2D eigenvalue weighted by Gasteiger charge is -2.44. The standard InChI is InChI=1S/C31H50N8O5Si2/c1-30(2,3)45(8,9)43-23-21(17-33-28(40)32-7)42-27(24(23)44-46(10,11)31(4,5)6)39-19-36-22-25(34-18-35-26(22)39)38-29(41)37-20-15-13-12-14-16-20/h12-16,18-19,21,23-24,27H,17H2,1-11H3,(H2,32,33,40)(H2,34,35,37,38,41)/t21-,23-,24-,27-/m1/s1. The molecule has 1 saturated heterocycles. The first-order valence-electron chi connectivity index (χ1n) is 15.6. The van der Waals surface area contributed by atoms with E-state index in [1.807, 2.05) is 22.8 Å². The lowest BCUT2D eigenvalue weighted by atomic mass is 10.1. The molecule has 0 unspecified atom stereocenters. The summed E-state index contributed by atoms with van der Waals surface area (Å²) < 4.78 is 22.8. The number of amides is 4. The number of ether oxygens (including phenoxy) is 1. The Morgan fingerprint density at radius 2 is 1.48 bits per heavy atom. The number of imidazole rings is 1. The first-order valence-corrected chi connectivity index (χ1v) is 21.4. The zero-order valence-corrected chi connectivity index (χ0v) is 30.9. The van der Waals surface area contributed by atoms with E-state index >= 15 is 0 Å². The van der Waals surface area contributed by atoms with Crippen LogP contribution in [0.1, 0.15) is 47.8 Å². The summed E-state index contributed by atoms with van der Waals surface area (Å²) in [7, 11) is -3.15. The minimum atomic E-state index is -2.38. The quantitative estimate of drug-likeness (QED) is 0.200. The minimum Gasteiger partial charge on any atom is -0.408 e. The fourth-order valence-corrected chi connectivity index (χ4v) is 7.21. The number of nitrogens with one attached hydrogen (secondary N) is 4. The van der Waals surface area contributed by atoms with Gasteiger partial charge in [0, 0.05) is 19.3 Å². The Morgan fingerprint density at radius 1 is 0.870 bits per heavy atom. The third-order valence-corrected chi connectivity index (χ3v) is 18.3. The number of aromatic nitrogens is 4. The van der Waals surface area contributed by atoms with Crippen molar-refractivity contribution in [3.8, 4) is 0 Å². The summed E-state index contributed by atoms with van der Waals surface area (Å²) in [6.07, 6.45) is 0.754. The highest BCUT2D eigenvalue weighted by Crippen LogP contribution is 2.46. The van der Waals surface area contributed by atoms with Crippen LogP contribution in [0.15, 0.2) is 43.0 Å². The lowest BCUT2D eigenvalue weighted by molar-refractivity contribution is -0.0301. The normalized spacial score (nSPS) is 20.8. The topological polar surface area (TPSA) is 154 Å². The van der Waals surface area contributed by atoms with Gasteiger partial charge in [-0.1, -0.05) is 59.7 Å². The fraction of sp³-hybridized carbons (Fsp3) is 0.581. The Hall–Kier alpha value is -3.38. The van der Waals surface area contributed by atoms with Gasteiger partial charge in [0.1, 0.15) is 24.6 Å². The molecule has 3 heterocycles. The van der Waals surface area contributed by atoms with Gasteiger partial charge in [0.15, 0.2) is 39.8 Å². The van der Waals surface area contributed by atoms with Crippen LogP contribution in [0.4, 0.5) is 21.1 Å². The number of fused-ring (bicyclic) bond motifs is 1. The molecule has 1 fully saturated rings. The smallest absolute Gasteiger partial charge is 0.324 e. The van der Waals surface area contributed by atoms with Crippen molar-refractivity contribution < 1.29 is 23.2 Å². The van der Waals surface area contributed by atoms with Crippen molar-refractivity contribution in [2.24, 2.45) is 0 Å². The van der Waals surface area contributed by atoms with Crippen molar-refractivity contribution in [2.45, 2.75) is 102 Å². The Labute approximate surface area is 273 Å². The number of nitrogens with zero attached hydrogens (tertiary/aromatic N) is 4. The number of urea groups is 2. The van der Waals surface area contributed by atoms with E-state index in [1.165, 1.54) is 6.33 Å². The molecular weight excluding hydrogens is 621 g/mol. The predicted octanol–water partition coefficient (Wildman–Crippen LogP) is 6.08. The maximum absolute atomic E-state index is 12.8. The number of anilines is 2. The number of carbonyl (C=O) groups excluding carboxylic acids is 2. The monoisotopic (exact) mass is 670 g/mol. The van der Waals surface area contributed by atoms with E-state index in [9.17, 15) is 9.59 Å². The van der Waals surface area contributed by atoms with Crippen LogP contribution in [0, 0.1) is 0 Å². The van der Waals surface area contributed by atoms with E-state index in [2.05, 4.69) is 104 Å². The zero-order chi connectivity index (χ0) is 34.1. The molecule has 0 bridgehead atoms. The Kier molecular flexibility index (Phi) is 10.3. The molecule has 46 heavy (non-hydrogen) atoms. The molecule has 0 radical (unpaired) electrons. The average Bonchev–Trinajstić information content (AvgIpc) is 3.52. The van der Waals surface area contributed by atoms with Crippen LogP contribution in [-0.2, 0) is 13.6 Å². The van der Waals surface area contributed by atoms with Crippen LogP contribution >= 0.6 is 0 Å². The van der Waals surface area contributed by atoms with Crippen LogP contribution in [0.25, 0.3) is 11.2 Å². The van der Waals surface area contributed by atoms with E-state index in [4.69, 9.17) is 13.6 Å². The molecule has 4 atom stereocenters. The Bertz CT molecular complexity index is 1520. The number of rotatable bonds is 9. The van der Waals surface area contributed by atoms with Gasteiger partial charge in [-0.05, 0) is 48.4 Å². The molecule has 0 spiro atoms. The van der Waals surface area contributed by atoms with Gasteiger partial charge in [-0.15, -0.1) is 0 Å². The first kappa shape index (κ1) is 35.5. The van der Waals surface area contributed by atoms with Crippen LogP contribution in [0.3, 0.4) is 0 Å². The molecule has 1 aliphatic heterocycles. The molecule has 1 aliphatic rings. The van der Waals surface area contributed by atoms with Gasteiger partial charge in [0.25, 0.3) is 0 Å². The summed E-state index contributed by atoms with van der Waals surface area (Å²) in [6, 6.07) is 8.36. The summed E-state index contributed by atoms with van der Waals surface area (Å²) in [5.74, 6) is 0.254. The van der Waals surface area contributed by atoms with E-state index in [-0.39, 0.29) is 28.5 Å². The second-order valence-corrected chi connectivity index (χ2v) is 24.2. The molecule has 4 rings (SSSR count). The molecule has 4 N–H and O–H groups in total. The maximum Gasteiger partial charge on any atom is 0.324 e. The van der Waals surface area contributed by atoms with Crippen molar-refractivity contribution in [2.75, 3.05) is 24.2 Å². The van der Waals surface area contributed by atoms with Crippen molar-refractivity contribution in [1.82, 2.24) is 30.2 Å². The van der Waals surface area contributed by atoms with Gasteiger partial charge in [-0.2, -0.15) is 0 Å². The minimum absolute atomic E-state index is 0.0821. The maximum atomic E-state index is 12.8. The third-order valence-electron chi connectivity index (χ3n) is 9.35. The Balaban J connectivity index is 1.75. The molecule has 0 aliphatic carbocycles. The van der Waals surface area contributed by atoms with Gasteiger partial charge in [-0.3, -0.25) is 9.88 Å². The largest absolute Gasteiger partial charge is 0.408 e. The van der Waals surface area contributed by atoms with Gasteiger partial charge < -0.3 is 29.5 Å². The van der Waals surface area contributed by atoms with Crippen LogP contribution in [0.5, 0.6) is 0 Å². The van der Waals surface area contributed by atoms with Crippen molar-refractivity contribution in [1.29, 1.82) is 0 Å². The molecule has 2 aromatic heterocycles. The summed E-state index contributed by atoms with van der Waals surface area (Å²) in [5.41, 5.74) is 1.50. The van der Waals surface area contributed by atoms with Gasteiger partial charge in [0.05, 0.1) is 6.33 Å². The molecule has 1 aromatic carbocycles. The second-order valence-electron chi connectivity index (χ2n) is 14.7. The SMILES string of the molecule is CNC(=O)NC[C@H]1O[C@@H](n2cnc3c(NC(=O)Nc4ccccc4)ncnc32)[C@H](O[Si](C)(C)C(C)(C)C)[C@@H]1O[Si](C)(C)C(C)(C)C. The number of carbonyl (C=O) groups is 2. The number of hydrogen-bond donors (Lipinski definition) is 4. The molecule has 15 heteroatoms. The highest BCUT2D eigenvalue weighted by atomic mass is 28.4. The molecule has 252 valence electrons. The summed E-state index contributed by atoms with van der Waals surface area (Å²) in [4.78, 5) is 38.6. The molecule has 13 nitrogen and oxygen atoms in total. The van der Waals surface area contributed by atoms with Crippen LogP contribution in [0.2, 0.25) is 36.3 Å². The van der Waals surface area contributed by atoms with Crippen molar-refractivity contribution >= 4 is 51.4 Å². The van der Waals surface area contributed by atoms with Crippen molar-refractivity contribution in [3.63, 3.8) is 0 Å². The van der Waals surface area contributed by atoms with E-state index in [0.717, 1.165) is 0 Å². The highest BCUT2D eigenvalue weighted by molar-refractivity contribution is 6.74. The van der Waals surface area contributed by atoms with E-state index < -0.39 is 47.2 Å². The number of hydrogen-bond acceptors (Lipinski definition) is 8. The summed E-state index contributed by atoms with van der Waals surface area (Å²) >= 11 is 0. The number of para-hydroxylation sites is 1. The lowest BCUT2D eigenvalue weighted by Crippen LogP contribution is -2.54. The van der Waals surface area contributed by atoms with E-state index in [1.54, 1.807) is 25.5 Å². The summed E-state index contributed by atoms with van der Waals surface area (Å²) in [5, 5.41) is 10.9. The molecule has 0 saturated carbocycles. The summed E-state index contributed by atoms with van der Waals surface area (Å²) in [6.45, 7) is 22.2. The molecule has 4 amide bonds. The van der Waals surface area contributed by atoms with Gasteiger partial charge >= 0.3 is 12.1 Å². The van der Waals surface area contributed by atoms with Crippen LogP contribution in [-0.4, -0.2) is 80.1 Å². The predicted molar refractivity (Wildman–Crippen MR) is 185 cm³/mol. The van der Waals surface area contributed by atoms with Crippen molar-refractivity contribution in [3.05, 3.63) is 43.0 Å². The first-order chi connectivity index (χ1) is 21.3.